The molecule has 0 unspecified atom stereocenters. The van der Waals surface area contributed by atoms with Gasteiger partial charge in [0.2, 0.25) is 0 Å². The highest BCUT2D eigenvalue weighted by Crippen LogP contribution is 2.50. The van der Waals surface area contributed by atoms with Crippen LogP contribution in [-0.4, -0.2) is 9.13 Å². The third-order valence-corrected chi connectivity index (χ3v) is 11.0. The Labute approximate surface area is 304 Å². The molecule has 0 saturated carbocycles. The Morgan fingerprint density at radius 1 is 0.423 bits per heavy atom. The van der Waals surface area contributed by atoms with E-state index in [1.165, 1.54) is 60.9 Å². The van der Waals surface area contributed by atoms with E-state index < -0.39 is 0 Å². The van der Waals surface area contributed by atoms with Gasteiger partial charge in [0, 0.05) is 57.0 Å². The van der Waals surface area contributed by atoms with E-state index in [0.717, 1.165) is 22.7 Å². The predicted molar refractivity (Wildman–Crippen MR) is 218 cm³/mol. The average molecular weight is 668 g/mol. The number of hydrogen-bond acceptors (Lipinski definition) is 1. The van der Waals surface area contributed by atoms with Crippen LogP contribution in [-0.2, 0) is 5.41 Å². The van der Waals surface area contributed by atoms with E-state index in [-0.39, 0.29) is 5.41 Å². The molecule has 10 rings (SSSR count). The molecule has 52 heavy (non-hydrogen) atoms. The van der Waals surface area contributed by atoms with Gasteiger partial charge in [0.15, 0.2) is 0 Å². The van der Waals surface area contributed by atoms with Crippen LogP contribution in [0, 0.1) is 0 Å². The Bertz CT molecular complexity index is 2730. The standard InChI is InChI=1S/C49H37N3/c1-49(2)45-16-8-6-14-41(45)42-28-27-40(33-46(42)49)51(39-25-23-36(24-26-39)50-30-10-11-31-50)38-21-18-34(19-22-38)35-20-29-48-44(32-35)43-15-7-9-17-47(43)52(48)37-12-4-3-5-13-37/h3-33H,1-2H3. The average Bonchev–Trinajstić information content (AvgIpc) is 3.91. The molecule has 3 nitrogen and oxygen atoms in total. The zero-order valence-corrected chi connectivity index (χ0v) is 29.2. The molecule has 7 aromatic carbocycles. The first-order chi connectivity index (χ1) is 25.5. The number of rotatable bonds is 6. The van der Waals surface area contributed by atoms with Gasteiger partial charge in [-0.25, -0.2) is 0 Å². The summed E-state index contributed by atoms with van der Waals surface area (Å²) < 4.78 is 4.51. The number of aromatic nitrogens is 2. The van der Waals surface area contributed by atoms with Gasteiger partial charge in [-0.05, 0) is 124 Å². The summed E-state index contributed by atoms with van der Waals surface area (Å²) in [4.78, 5) is 2.39. The maximum atomic E-state index is 2.40. The van der Waals surface area contributed by atoms with Crippen molar-refractivity contribution in [3.05, 3.63) is 199 Å². The fourth-order valence-electron chi connectivity index (χ4n) is 8.37. The first-order valence-electron chi connectivity index (χ1n) is 18.0. The van der Waals surface area contributed by atoms with Crippen LogP contribution in [0.2, 0.25) is 0 Å². The van der Waals surface area contributed by atoms with Crippen LogP contribution in [0.15, 0.2) is 188 Å². The second-order valence-electron chi connectivity index (χ2n) is 14.3. The first kappa shape index (κ1) is 30.3. The highest BCUT2D eigenvalue weighted by Gasteiger charge is 2.35. The molecule has 0 bridgehead atoms. The topological polar surface area (TPSA) is 13.1 Å². The van der Waals surface area contributed by atoms with Crippen molar-refractivity contribution in [3.63, 3.8) is 0 Å². The maximum absolute atomic E-state index is 2.40. The molecule has 3 heteroatoms. The van der Waals surface area contributed by atoms with E-state index in [4.69, 9.17) is 0 Å². The van der Waals surface area contributed by atoms with Crippen molar-refractivity contribution in [2.24, 2.45) is 0 Å². The Kier molecular flexibility index (Phi) is 6.84. The molecule has 2 heterocycles. The lowest BCUT2D eigenvalue weighted by molar-refractivity contribution is 0.660. The van der Waals surface area contributed by atoms with Crippen molar-refractivity contribution >= 4 is 38.9 Å². The van der Waals surface area contributed by atoms with E-state index in [2.05, 4.69) is 216 Å². The highest BCUT2D eigenvalue weighted by molar-refractivity contribution is 6.10. The Hall–Kier alpha value is -6.58. The molecular formula is C49H37N3. The summed E-state index contributed by atoms with van der Waals surface area (Å²) in [7, 11) is 0. The zero-order chi connectivity index (χ0) is 34.8. The van der Waals surface area contributed by atoms with Gasteiger partial charge in [0.25, 0.3) is 0 Å². The minimum Gasteiger partial charge on any atom is -0.324 e. The van der Waals surface area contributed by atoms with Crippen molar-refractivity contribution in [2.75, 3.05) is 4.90 Å². The second kappa shape index (κ2) is 11.8. The summed E-state index contributed by atoms with van der Waals surface area (Å²) in [6.45, 7) is 4.70. The van der Waals surface area contributed by atoms with Crippen LogP contribution in [0.3, 0.4) is 0 Å². The van der Waals surface area contributed by atoms with Crippen LogP contribution >= 0.6 is 0 Å². The summed E-state index contributed by atoms with van der Waals surface area (Å²) >= 11 is 0. The molecule has 2 aromatic heterocycles. The van der Waals surface area contributed by atoms with E-state index in [9.17, 15) is 0 Å². The van der Waals surface area contributed by atoms with Gasteiger partial charge < -0.3 is 14.0 Å². The second-order valence-corrected chi connectivity index (χ2v) is 14.3. The molecule has 1 aliphatic rings. The van der Waals surface area contributed by atoms with Gasteiger partial charge >= 0.3 is 0 Å². The lowest BCUT2D eigenvalue weighted by atomic mass is 9.82. The fraction of sp³-hybridized carbons (Fsp3) is 0.0612. The quantitative estimate of drug-likeness (QED) is 0.172. The third-order valence-electron chi connectivity index (χ3n) is 11.0. The minimum atomic E-state index is -0.0853. The van der Waals surface area contributed by atoms with Crippen molar-refractivity contribution in [3.8, 4) is 33.6 Å². The number of hydrogen-bond donors (Lipinski definition) is 0. The molecule has 0 saturated heterocycles. The van der Waals surface area contributed by atoms with E-state index in [1.807, 2.05) is 0 Å². The van der Waals surface area contributed by atoms with Gasteiger partial charge in [-0.2, -0.15) is 0 Å². The molecule has 0 radical (unpaired) electrons. The van der Waals surface area contributed by atoms with E-state index >= 15 is 0 Å². The van der Waals surface area contributed by atoms with Gasteiger partial charge in [0.05, 0.1) is 11.0 Å². The summed E-state index contributed by atoms with van der Waals surface area (Å²) in [5.41, 5.74) is 15.8. The van der Waals surface area contributed by atoms with Crippen LogP contribution in [0.25, 0.3) is 55.4 Å². The van der Waals surface area contributed by atoms with Crippen molar-refractivity contribution < 1.29 is 0 Å². The van der Waals surface area contributed by atoms with E-state index in [1.54, 1.807) is 0 Å². The largest absolute Gasteiger partial charge is 0.324 e. The summed E-state index contributed by atoms with van der Waals surface area (Å²) in [5, 5.41) is 2.52. The number of fused-ring (bicyclic) bond motifs is 6. The molecule has 9 aromatic rings. The summed E-state index contributed by atoms with van der Waals surface area (Å²) in [6, 6.07) is 64.1. The van der Waals surface area contributed by atoms with E-state index in [0.29, 0.717) is 0 Å². The van der Waals surface area contributed by atoms with Crippen LogP contribution < -0.4 is 4.90 Å². The smallest absolute Gasteiger partial charge is 0.0541 e. The molecule has 0 fully saturated rings. The monoisotopic (exact) mass is 667 g/mol. The van der Waals surface area contributed by atoms with Crippen LogP contribution in [0.4, 0.5) is 17.1 Å². The number of benzene rings is 7. The molecule has 0 atom stereocenters. The maximum Gasteiger partial charge on any atom is 0.0541 e. The predicted octanol–water partition coefficient (Wildman–Crippen LogP) is 13.0. The van der Waals surface area contributed by atoms with Crippen molar-refractivity contribution in [1.82, 2.24) is 9.13 Å². The van der Waals surface area contributed by atoms with Gasteiger partial charge in [-0.3, -0.25) is 0 Å². The Balaban J connectivity index is 1.07. The molecule has 0 spiro atoms. The molecule has 1 aliphatic carbocycles. The summed E-state index contributed by atoms with van der Waals surface area (Å²) in [5.74, 6) is 0. The summed E-state index contributed by atoms with van der Waals surface area (Å²) in [6.07, 6.45) is 4.17. The fourth-order valence-corrected chi connectivity index (χ4v) is 8.37. The molecule has 0 N–H and O–H groups in total. The molecule has 248 valence electrons. The first-order valence-corrected chi connectivity index (χ1v) is 18.0. The van der Waals surface area contributed by atoms with Crippen LogP contribution in [0.1, 0.15) is 25.0 Å². The number of nitrogens with zero attached hydrogens (tertiary/aromatic N) is 3. The lowest BCUT2D eigenvalue weighted by Gasteiger charge is -2.28. The molecule has 0 amide bonds. The number of para-hydroxylation sites is 2. The molecule has 0 aliphatic heterocycles. The Morgan fingerprint density at radius 2 is 1.04 bits per heavy atom. The van der Waals surface area contributed by atoms with Gasteiger partial charge in [-0.1, -0.05) is 98.8 Å². The van der Waals surface area contributed by atoms with Gasteiger partial charge in [0.1, 0.15) is 0 Å². The van der Waals surface area contributed by atoms with Crippen molar-refractivity contribution in [2.45, 2.75) is 19.3 Å². The molecular weight excluding hydrogens is 631 g/mol. The Morgan fingerprint density at radius 3 is 1.83 bits per heavy atom. The minimum absolute atomic E-state index is 0.0853. The van der Waals surface area contributed by atoms with Gasteiger partial charge in [-0.15, -0.1) is 0 Å². The normalized spacial score (nSPS) is 13.0. The van der Waals surface area contributed by atoms with Crippen molar-refractivity contribution in [1.29, 1.82) is 0 Å². The lowest BCUT2D eigenvalue weighted by Crippen LogP contribution is -2.16. The van der Waals surface area contributed by atoms with Crippen LogP contribution in [0.5, 0.6) is 0 Å². The number of anilines is 3. The highest BCUT2D eigenvalue weighted by atomic mass is 15.1. The third kappa shape index (κ3) is 4.74. The SMILES string of the molecule is CC1(C)c2ccccc2-c2ccc(N(c3ccc(-c4ccc5c(c4)c4ccccc4n5-c4ccccc4)cc3)c3ccc(-n4cccc4)cc3)cc21. The zero-order valence-electron chi connectivity index (χ0n) is 29.2.